The molecule has 1 amide bonds. The van der Waals surface area contributed by atoms with E-state index in [4.69, 9.17) is 47.4 Å². The SMILES string of the molecule is COCC(=O)OC[C@H]1O[C@H](O)[C@@](OC(=O)COC)(C(=O)CCCCCCCCCCCNC(=O)OCC2c3ccccc3-c3ccccc32)[C@@](Br)(OC(=O)COC)[C@H]1OC(=O)COC. The molecule has 1 aliphatic carbocycles. The number of methoxy groups -OCH3 is 4. The zero-order valence-corrected chi connectivity index (χ0v) is 38.4. The van der Waals surface area contributed by atoms with Gasteiger partial charge in [0.1, 0.15) is 45.7 Å². The number of aliphatic hydroxyl groups is 1. The zero-order chi connectivity index (χ0) is 46.5. The molecule has 1 heterocycles. The smallest absolute Gasteiger partial charge is 0.407 e. The van der Waals surface area contributed by atoms with Crippen LogP contribution in [0, 0.1) is 0 Å². The summed E-state index contributed by atoms with van der Waals surface area (Å²) in [6, 6.07) is 16.4. The quantitative estimate of drug-likeness (QED) is 0.0511. The van der Waals surface area contributed by atoms with E-state index in [9.17, 15) is 33.9 Å². The second kappa shape index (κ2) is 26.5. The van der Waals surface area contributed by atoms with Crippen LogP contribution in [0.25, 0.3) is 11.1 Å². The fraction of sp³-hybridized carbons (Fsp3) is 0.600. The Morgan fingerprint density at radius 3 is 1.72 bits per heavy atom. The molecule has 0 radical (unpaired) electrons. The van der Waals surface area contributed by atoms with Crippen molar-refractivity contribution in [2.75, 3.05) is 74.6 Å². The zero-order valence-electron chi connectivity index (χ0n) is 36.8. The van der Waals surface area contributed by atoms with E-state index >= 15 is 0 Å². The van der Waals surface area contributed by atoms with Gasteiger partial charge in [0.2, 0.25) is 6.29 Å². The Morgan fingerprint density at radius 2 is 1.14 bits per heavy atom. The molecule has 2 aliphatic rings. The molecule has 0 bridgehead atoms. The van der Waals surface area contributed by atoms with Gasteiger partial charge < -0.3 is 57.8 Å². The molecular formula is C45H60BrNO17. The number of esters is 4. The molecule has 2 aromatic rings. The highest BCUT2D eigenvalue weighted by atomic mass is 79.9. The summed E-state index contributed by atoms with van der Waals surface area (Å²) in [7, 11) is 4.85. The minimum atomic E-state index is -2.89. The summed E-state index contributed by atoms with van der Waals surface area (Å²) < 4.78 is 50.3. The van der Waals surface area contributed by atoms with Crippen molar-refractivity contribution in [3.63, 3.8) is 0 Å². The van der Waals surface area contributed by atoms with Gasteiger partial charge in [-0.15, -0.1) is 0 Å². The van der Waals surface area contributed by atoms with Gasteiger partial charge in [0.05, 0.1) is 0 Å². The predicted molar refractivity (Wildman–Crippen MR) is 230 cm³/mol. The Kier molecular flexibility index (Phi) is 21.6. The van der Waals surface area contributed by atoms with E-state index in [2.05, 4.69) is 45.5 Å². The molecule has 1 fully saturated rings. The number of carbonyl (C=O) groups excluding carboxylic acids is 6. The Labute approximate surface area is 381 Å². The molecule has 1 aliphatic heterocycles. The molecule has 0 spiro atoms. The molecule has 19 heteroatoms. The number of amides is 1. The van der Waals surface area contributed by atoms with E-state index < -0.39 is 97.4 Å². The molecule has 0 aromatic heterocycles. The van der Waals surface area contributed by atoms with Crippen LogP contribution in [-0.4, -0.2) is 144 Å². The Hall–Kier alpha value is -4.50. The number of nitrogens with one attached hydrogen (secondary N) is 1. The highest BCUT2D eigenvalue weighted by molar-refractivity contribution is 9.10. The molecular weight excluding hydrogens is 906 g/mol. The number of benzene rings is 2. The number of alkyl halides is 1. The summed E-state index contributed by atoms with van der Waals surface area (Å²) in [4.78, 5) is 78.3. The van der Waals surface area contributed by atoms with E-state index in [1.807, 2.05) is 24.3 Å². The number of Topliss-reactive ketones (excluding diaryl/α,β-unsaturated/α-hetero) is 1. The number of rotatable bonds is 28. The van der Waals surface area contributed by atoms with Crippen LogP contribution in [0.2, 0.25) is 0 Å². The second-order valence-electron chi connectivity index (χ2n) is 15.3. The van der Waals surface area contributed by atoms with Crippen molar-refractivity contribution >= 4 is 51.7 Å². The molecule has 0 unspecified atom stereocenters. The molecule has 64 heavy (non-hydrogen) atoms. The lowest BCUT2D eigenvalue weighted by Crippen LogP contribution is -2.78. The molecule has 18 nitrogen and oxygen atoms in total. The maximum Gasteiger partial charge on any atom is 0.407 e. The number of hydrogen-bond donors (Lipinski definition) is 2. The van der Waals surface area contributed by atoms with Crippen LogP contribution in [-0.2, 0) is 71.3 Å². The third-order valence-electron chi connectivity index (χ3n) is 10.7. The predicted octanol–water partition coefficient (Wildman–Crippen LogP) is 4.67. The van der Waals surface area contributed by atoms with Crippen molar-refractivity contribution in [3.8, 4) is 11.1 Å². The van der Waals surface area contributed by atoms with E-state index in [-0.39, 0.29) is 25.4 Å². The first-order chi connectivity index (χ1) is 30.9. The van der Waals surface area contributed by atoms with E-state index in [1.165, 1.54) is 39.6 Å². The number of carbonyl (C=O) groups is 6. The maximum absolute atomic E-state index is 14.4. The lowest BCUT2D eigenvalue weighted by molar-refractivity contribution is -0.332. The number of hydrogen-bond acceptors (Lipinski definition) is 17. The average Bonchev–Trinajstić information content (AvgIpc) is 3.58. The van der Waals surface area contributed by atoms with Gasteiger partial charge in [0.25, 0.3) is 10.1 Å². The minimum Gasteiger partial charge on any atom is -0.461 e. The number of ether oxygens (including phenoxy) is 10. The number of alkyl carbamates (subject to hydrolysis) is 1. The number of ketones is 1. The van der Waals surface area contributed by atoms with Gasteiger partial charge in [-0.2, -0.15) is 0 Å². The fourth-order valence-corrected chi connectivity index (χ4v) is 8.88. The molecule has 5 atom stereocenters. The average molecular weight is 967 g/mol. The number of aliphatic hydroxyl groups excluding tert-OH is 1. The van der Waals surface area contributed by atoms with Crippen molar-refractivity contribution in [1.29, 1.82) is 0 Å². The standard InChI is InChI=1S/C45H60BrNO17/c1-55-26-37(49)59-25-35-41(62-38(50)27-56-2)45(46,64-40(52)29-58-4)44(42(53)61-35,63-39(51)28-57-3)36(48)22-12-10-8-6-5-7-9-11-17-23-47-43(54)60-24-34-32-20-15-13-18-30(32)31-19-14-16-21-33(31)34/h13-16,18-21,34-35,41-42,53H,5-12,17,22-29H2,1-4H3,(H,47,54)/t35-,41+,42+,44+,45+/m1/s1. The van der Waals surface area contributed by atoms with Crippen molar-refractivity contribution in [1.82, 2.24) is 5.32 Å². The minimum absolute atomic E-state index is 0.000239. The van der Waals surface area contributed by atoms with Crippen LogP contribution in [0.3, 0.4) is 0 Å². The third-order valence-corrected chi connectivity index (χ3v) is 11.9. The molecule has 2 aromatic carbocycles. The van der Waals surface area contributed by atoms with Crippen molar-refractivity contribution < 1.29 is 81.2 Å². The van der Waals surface area contributed by atoms with Crippen molar-refractivity contribution in [2.45, 2.75) is 98.7 Å². The Balaban J connectivity index is 1.28. The van der Waals surface area contributed by atoms with Gasteiger partial charge in [-0.25, -0.2) is 24.0 Å². The summed E-state index contributed by atoms with van der Waals surface area (Å²) in [6.07, 6.45) is 0.426. The highest BCUT2D eigenvalue weighted by Crippen LogP contribution is 2.50. The van der Waals surface area contributed by atoms with E-state index in [0.717, 1.165) is 56.1 Å². The molecule has 4 rings (SSSR count). The molecule has 2 N–H and O–H groups in total. The van der Waals surface area contributed by atoms with Gasteiger partial charge in [-0.3, -0.25) is 4.79 Å². The molecule has 0 saturated carbocycles. The summed E-state index contributed by atoms with van der Waals surface area (Å²) in [5, 5.41) is 14.5. The number of halogens is 1. The van der Waals surface area contributed by atoms with Gasteiger partial charge in [0.15, 0.2) is 11.9 Å². The summed E-state index contributed by atoms with van der Waals surface area (Å²) in [5.41, 5.74) is 1.77. The maximum atomic E-state index is 14.4. The molecule has 354 valence electrons. The van der Waals surface area contributed by atoms with Crippen LogP contribution in [0.4, 0.5) is 4.79 Å². The highest BCUT2D eigenvalue weighted by Gasteiger charge is 2.75. The van der Waals surface area contributed by atoms with Crippen LogP contribution in [0.5, 0.6) is 0 Å². The Morgan fingerprint density at radius 1 is 0.641 bits per heavy atom. The van der Waals surface area contributed by atoms with Crippen LogP contribution >= 0.6 is 15.9 Å². The Bertz CT molecular complexity index is 1820. The van der Waals surface area contributed by atoms with E-state index in [1.54, 1.807) is 0 Å². The lowest BCUT2D eigenvalue weighted by atomic mass is 9.80. The fourth-order valence-electron chi connectivity index (χ4n) is 7.81. The van der Waals surface area contributed by atoms with E-state index in [0.29, 0.717) is 13.0 Å². The van der Waals surface area contributed by atoms with Crippen LogP contribution in [0.15, 0.2) is 48.5 Å². The third kappa shape index (κ3) is 13.8. The van der Waals surface area contributed by atoms with Crippen molar-refractivity contribution in [2.24, 2.45) is 0 Å². The summed E-state index contributed by atoms with van der Waals surface area (Å²) in [6.45, 7) is -2.38. The first-order valence-corrected chi connectivity index (χ1v) is 22.0. The monoisotopic (exact) mass is 965 g/mol. The van der Waals surface area contributed by atoms with Gasteiger partial charge >= 0.3 is 30.0 Å². The van der Waals surface area contributed by atoms with Gasteiger partial charge in [-0.05, 0) is 51.0 Å². The topological polar surface area (TPSA) is 227 Å². The molecule has 1 saturated heterocycles. The summed E-state index contributed by atoms with van der Waals surface area (Å²) >= 11 is 3.26. The van der Waals surface area contributed by atoms with Crippen LogP contribution in [0.1, 0.15) is 81.3 Å². The number of fused-ring (bicyclic) bond motifs is 3. The van der Waals surface area contributed by atoms with Gasteiger partial charge in [-0.1, -0.05) is 93.5 Å². The van der Waals surface area contributed by atoms with Crippen molar-refractivity contribution in [3.05, 3.63) is 59.7 Å². The first kappa shape index (κ1) is 52.1. The normalized spacial score (nSPS) is 21.2. The summed E-state index contributed by atoms with van der Waals surface area (Å²) in [5.74, 6) is -5.13. The lowest BCUT2D eigenvalue weighted by Gasteiger charge is -2.53. The van der Waals surface area contributed by atoms with Crippen LogP contribution < -0.4 is 5.32 Å². The second-order valence-corrected chi connectivity index (χ2v) is 16.5. The number of unbranched alkanes of at least 4 members (excludes halogenated alkanes) is 8. The van der Waals surface area contributed by atoms with Gasteiger partial charge in [0, 0.05) is 47.3 Å². The largest absolute Gasteiger partial charge is 0.461 e. The first-order valence-electron chi connectivity index (χ1n) is 21.3.